The molecule has 11 nitrogen and oxygen atoms in total. The normalized spacial score (nSPS) is 11.1. The second kappa shape index (κ2) is 14.8. The number of fused-ring (bicyclic) bond motifs is 1. The molecule has 212 valence electrons. The number of benzene rings is 3. The fourth-order valence-electron chi connectivity index (χ4n) is 4.12. The number of carboxylic acid groups (broad SMARTS) is 1. The van der Waals surface area contributed by atoms with Gasteiger partial charge in [-0.1, -0.05) is 12.1 Å². The molecule has 0 fully saturated rings. The van der Waals surface area contributed by atoms with Crippen molar-refractivity contribution in [1.82, 2.24) is 8.75 Å². The number of aliphatic carboxylic acids is 1. The maximum absolute atomic E-state index is 14.1. The van der Waals surface area contributed by atoms with E-state index in [0.29, 0.717) is 28.1 Å². The Bertz CT molecular complexity index is 1650. The fourth-order valence-corrected chi connectivity index (χ4v) is 4.63. The van der Waals surface area contributed by atoms with Gasteiger partial charge < -0.3 is 33.6 Å². The van der Waals surface area contributed by atoms with E-state index in [1.807, 2.05) is 0 Å². The molecule has 0 saturated carbocycles. The second-order valence-electron chi connectivity index (χ2n) is 8.52. The molecule has 4 aromatic rings. The molecule has 0 saturated heterocycles. The van der Waals surface area contributed by atoms with Crippen molar-refractivity contribution < 1.29 is 72.7 Å². The van der Waals surface area contributed by atoms with Gasteiger partial charge in [0.25, 0.3) is 0 Å². The topological polar surface area (TPSA) is 146 Å². The van der Waals surface area contributed by atoms with Gasteiger partial charge in [0.05, 0.1) is 46.1 Å². The van der Waals surface area contributed by atoms with Crippen LogP contribution in [0.25, 0.3) is 16.6 Å². The third kappa shape index (κ3) is 7.26. The number of nitrogens with zero attached hydrogens (tertiary/aromatic N) is 2. The molecule has 4 rings (SSSR count). The first-order valence-corrected chi connectivity index (χ1v) is 12.8. The van der Waals surface area contributed by atoms with Crippen LogP contribution in [0.3, 0.4) is 0 Å². The zero-order chi connectivity index (χ0) is 29.5. The number of rotatable bonds is 12. The number of carboxylic acids is 1. The number of Topliss-reactive ketones (excluding diaryl/α,β-unsaturated/α-hetero) is 1. The van der Waals surface area contributed by atoms with E-state index in [1.165, 1.54) is 52.7 Å². The monoisotopic (exact) mass is 600 g/mol. The molecule has 13 heteroatoms. The maximum Gasteiger partial charge on any atom is 1.00 e. The van der Waals surface area contributed by atoms with Crippen LogP contribution >= 0.6 is 11.7 Å². The molecular weight excluding hydrogens is 575 g/mol. The SMILES string of the molecule is COC(=O)COc1cc(OC)ccc1CC(C(=O)c1ccc(OC)c(OC)c1)=C(C(=O)[O-])c1ccc2nsnc2c1.[Na+]. The number of carbonyl (C=O) groups excluding carboxylic acids is 3. The van der Waals surface area contributed by atoms with Crippen molar-refractivity contribution in [2.45, 2.75) is 6.42 Å². The number of allylic oxidation sites excluding steroid dienone is 1. The van der Waals surface area contributed by atoms with Crippen LogP contribution in [-0.4, -0.2) is 61.5 Å². The molecule has 0 bridgehead atoms. The Labute approximate surface area is 267 Å². The zero-order valence-corrected chi connectivity index (χ0v) is 26.4. The minimum absolute atomic E-state index is 0. The summed E-state index contributed by atoms with van der Waals surface area (Å²) in [5.74, 6) is -1.50. The molecule has 1 heterocycles. The number of hydrogen-bond donors (Lipinski definition) is 0. The van der Waals surface area contributed by atoms with Gasteiger partial charge in [0, 0.05) is 29.2 Å². The van der Waals surface area contributed by atoms with Crippen LogP contribution in [0.5, 0.6) is 23.0 Å². The minimum Gasteiger partial charge on any atom is -0.545 e. The Morgan fingerprint density at radius 3 is 2.17 bits per heavy atom. The van der Waals surface area contributed by atoms with E-state index in [9.17, 15) is 19.5 Å². The van der Waals surface area contributed by atoms with Gasteiger partial charge in [0.15, 0.2) is 23.9 Å². The average molecular weight is 601 g/mol. The Kier molecular flexibility index (Phi) is 11.5. The molecular formula is C29H25N2NaO9S. The summed E-state index contributed by atoms with van der Waals surface area (Å²) in [6, 6.07) is 14.0. The van der Waals surface area contributed by atoms with E-state index in [0.717, 1.165) is 11.7 Å². The van der Waals surface area contributed by atoms with Crippen LogP contribution < -0.4 is 53.6 Å². The molecule has 0 radical (unpaired) electrons. The molecule has 3 aromatic carbocycles. The first-order chi connectivity index (χ1) is 19.8. The molecule has 0 aliphatic rings. The third-order valence-corrected chi connectivity index (χ3v) is 6.74. The van der Waals surface area contributed by atoms with Crippen LogP contribution in [0.1, 0.15) is 21.5 Å². The van der Waals surface area contributed by atoms with E-state index < -0.39 is 24.3 Å². The van der Waals surface area contributed by atoms with Gasteiger partial charge in [-0.3, -0.25) is 4.79 Å². The molecule has 0 aliphatic carbocycles. The molecule has 0 amide bonds. The maximum atomic E-state index is 14.1. The summed E-state index contributed by atoms with van der Waals surface area (Å²) in [7, 11) is 5.57. The van der Waals surface area contributed by atoms with E-state index in [1.54, 1.807) is 30.3 Å². The summed E-state index contributed by atoms with van der Waals surface area (Å²) in [6.07, 6.45) is -0.204. The van der Waals surface area contributed by atoms with Crippen molar-refractivity contribution in [2.24, 2.45) is 0 Å². The van der Waals surface area contributed by atoms with Crippen molar-refractivity contribution in [3.63, 3.8) is 0 Å². The fraction of sp³-hybridized carbons (Fsp3) is 0.207. The van der Waals surface area contributed by atoms with E-state index >= 15 is 0 Å². The van der Waals surface area contributed by atoms with Gasteiger partial charge in [-0.2, -0.15) is 8.75 Å². The van der Waals surface area contributed by atoms with Gasteiger partial charge in [-0.15, -0.1) is 0 Å². The van der Waals surface area contributed by atoms with Crippen molar-refractivity contribution in [1.29, 1.82) is 0 Å². The Hall–Kier alpha value is -3.97. The van der Waals surface area contributed by atoms with E-state index in [2.05, 4.69) is 13.5 Å². The Morgan fingerprint density at radius 1 is 0.786 bits per heavy atom. The number of hydrogen-bond acceptors (Lipinski definition) is 12. The van der Waals surface area contributed by atoms with Crippen molar-refractivity contribution in [3.05, 3.63) is 76.9 Å². The summed E-state index contributed by atoms with van der Waals surface area (Å²) in [4.78, 5) is 38.6. The molecule has 0 spiro atoms. The predicted octanol–water partition coefficient (Wildman–Crippen LogP) is -0.0980. The zero-order valence-electron chi connectivity index (χ0n) is 23.6. The first-order valence-electron chi connectivity index (χ1n) is 12.1. The molecule has 1 aromatic heterocycles. The van der Waals surface area contributed by atoms with Gasteiger partial charge in [-0.25, -0.2) is 4.79 Å². The number of ketones is 1. The number of aromatic nitrogens is 2. The number of ether oxygens (including phenoxy) is 5. The minimum atomic E-state index is -1.57. The number of esters is 1. The number of methoxy groups -OCH3 is 4. The smallest absolute Gasteiger partial charge is 0.545 e. The quantitative estimate of drug-likeness (QED) is 0.0930. The van der Waals surface area contributed by atoms with Crippen LogP contribution in [-0.2, 0) is 20.7 Å². The van der Waals surface area contributed by atoms with Crippen LogP contribution in [0.2, 0.25) is 0 Å². The largest absolute Gasteiger partial charge is 1.00 e. The van der Waals surface area contributed by atoms with Crippen LogP contribution in [0.15, 0.2) is 60.2 Å². The average Bonchev–Trinajstić information content (AvgIpc) is 3.47. The summed E-state index contributed by atoms with van der Waals surface area (Å²) < 4.78 is 34.6. The second-order valence-corrected chi connectivity index (χ2v) is 9.05. The van der Waals surface area contributed by atoms with Gasteiger partial charge >= 0.3 is 35.5 Å². The molecule has 0 atom stereocenters. The summed E-state index contributed by atoms with van der Waals surface area (Å²) in [5, 5.41) is 12.7. The predicted molar refractivity (Wildman–Crippen MR) is 147 cm³/mol. The molecule has 0 aliphatic heterocycles. The number of carbonyl (C=O) groups is 3. The Balaban J connectivity index is 0.00000484. The van der Waals surface area contributed by atoms with Crippen LogP contribution in [0, 0.1) is 0 Å². The van der Waals surface area contributed by atoms with E-state index in [-0.39, 0.29) is 69.8 Å². The summed E-state index contributed by atoms with van der Waals surface area (Å²) >= 11 is 0.980. The molecule has 0 N–H and O–H groups in total. The Morgan fingerprint density at radius 2 is 1.50 bits per heavy atom. The van der Waals surface area contributed by atoms with Gasteiger partial charge in [-0.05, 0) is 47.5 Å². The van der Waals surface area contributed by atoms with E-state index in [4.69, 9.17) is 18.9 Å². The van der Waals surface area contributed by atoms with Gasteiger partial charge in [0.2, 0.25) is 0 Å². The standard InChI is InChI=1S/C29H26N2O9S.Na/c1-36-19-8-5-16(24(14-19)40-15-26(32)39-4)11-20(28(33)18-7-10-23(37-2)25(13-18)38-3)27(29(34)35)17-6-9-21-22(12-17)31-41-30-21;/h5-10,12-14H,11,15H2,1-4H3,(H,34,35);/q;+1/p-1. The van der Waals surface area contributed by atoms with Crippen molar-refractivity contribution in [3.8, 4) is 23.0 Å². The molecule has 42 heavy (non-hydrogen) atoms. The van der Waals surface area contributed by atoms with Crippen molar-refractivity contribution >= 4 is 46.1 Å². The van der Waals surface area contributed by atoms with Crippen LogP contribution in [0.4, 0.5) is 0 Å². The molecule has 0 unspecified atom stereocenters. The summed E-state index contributed by atoms with van der Waals surface area (Å²) in [5.41, 5.74) is 1.38. The first kappa shape index (κ1) is 32.5. The third-order valence-electron chi connectivity index (χ3n) is 6.18. The van der Waals surface area contributed by atoms with Crippen molar-refractivity contribution in [2.75, 3.05) is 35.0 Å². The summed E-state index contributed by atoms with van der Waals surface area (Å²) in [6.45, 7) is -0.416. The van der Waals surface area contributed by atoms with Gasteiger partial charge in [0.1, 0.15) is 22.5 Å².